The number of carbonyl (C=O) groups is 2. The minimum Gasteiger partial charge on any atom is -0.469 e. The topological polar surface area (TPSA) is 72.6 Å². The lowest BCUT2D eigenvalue weighted by atomic mass is 10.2. The Morgan fingerprint density at radius 3 is 3.05 bits per heavy atom. The quantitative estimate of drug-likeness (QED) is 0.671. The average Bonchev–Trinajstić information content (AvgIpc) is 2.41. The van der Waals surface area contributed by atoms with Gasteiger partial charge in [-0.2, -0.15) is 0 Å². The molecule has 1 aliphatic heterocycles. The molecule has 0 fully saturated rings. The highest BCUT2D eigenvalue weighted by Gasteiger charge is 2.24. The lowest BCUT2D eigenvalue weighted by Crippen LogP contribution is -2.36. The molecule has 0 radical (unpaired) electrons. The number of benzene rings is 1. The van der Waals surface area contributed by atoms with Crippen molar-refractivity contribution in [2.24, 2.45) is 0 Å². The Kier molecular flexibility index (Phi) is 4.31. The minimum atomic E-state index is -0.253. The third-order valence-corrected chi connectivity index (χ3v) is 3.95. The predicted molar refractivity (Wildman–Crippen MR) is 75.2 cm³/mol. The van der Waals surface area contributed by atoms with Crippen LogP contribution in [-0.2, 0) is 14.3 Å². The zero-order valence-electron chi connectivity index (χ0n) is 10.7. The van der Waals surface area contributed by atoms with E-state index in [4.69, 9.17) is 5.73 Å². The second-order valence-electron chi connectivity index (χ2n) is 4.24. The summed E-state index contributed by atoms with van der Waals surface area (Å²) in [5, 5.41) is 0. The van der Waals surface area contributed by atoms with Crippen molar-refractivity contribution in [1.29, 1.82) is 0 Å². The van der Waals surface area contributed by atoms with Gasteiger partial charge in [0.1, 0.15) is 0 Å². The molecule has 1 aromatic rings. The summed E-state index contributed by atoms with van der Waals surface area (Å²) < 4.78 is 4.59. The van der Waals surface area contributed by atoms with Crippen LogP contribution in [0, 0.1) is 0 Å². The summed E-state index contributed by atoms with van der Waals surface area (Å²) in [5.74, 6) is 0.220. The molecular formula is C13H16N2O3S. The first-order valence-corrected chi connectivity index (χ1v) is 7.00. The van der Waals surface area contributed by atoms with Crippen molar-refractivity contribution < 1.29 is 14.3 Å². The van der Waals surface area contributed by atoms with Gasteiger partial charge in [-0.15, -0.1) is 11.8 Å². The van der Waals surface area contributed by atoms with Crippen molar-refractivity contribution in [2.75, 3.05) is 30.0 Å². The maximum absolute atomic E-state index is 11.9. The van der Waals surface area contributed by atoms with Crippen molar-refractivity contribution in [3.8, 4) is 0 Å². The van der Waals surface area contributed by atoms with E-state index >= 15 is 0 Å². The van der Waals surface area contributed by atoms with Crippen LogP contribution in [0.2, 0.25) is 0 Å². The number of fused-ring (bicyclic) bond motifs is 1. The fourth-order valence-electron chi connectivity index (χ4n) is 1.95. The molecule has 0 aliphatic carbocycles. The summed E-state index contributed by atoms with van der Waals surface area (Å²) in [6, 6.07) is 5.51. The molecule has 1 amide bonds. The fraction of sp³-hybridized carbons (Fsp3) is 0.385. The molecule has 6 heteroatoms. The Labute approximate surface area is 116 Å². The molecule has 0 spiro atoms. The van der Waals surface area contributed by atoms with Crippen molar-refractivity contribution in [2.45, 2.75) is 17.7 Å². The van der Waals surface area contributed by atoms with E-state index in [-0.39, 0.29) is 11.9 Å². The van der Waals surface area contributed by atoms with E-state index in [2.05, 4.69) is 4.74 Å². The molecule has 0 unspecified atom stereocenters. The van der Waals surface area contributed by atoms with E-state index in [1.807, 2.05) is 12.1 Å². The Bertz CT molecular complexity index is 505. The van der Waals surface area contributed by atoms with Crippen LogP contribution >= 0.6 is 11.8 Å². The lowest BCUT2D eigenvalue weighted by molar-refractivity contribution is -0.140. The largest absolute Gasteiger partial charge is 0.469 e. The summed E-state index contributed by atoms with van der Waals surface area (Å²) in [7, 11) is 1.36. The van der Waals surface area contributed by atoms with Crippen LogP contribution in [0.1, 0.15) is 12.8 Å². The molecule has 2 rings (SSSR count). The second kappa shape index (κ2) is 5.97. The van der Waals surface area contributed by atoms with Crippen LogP contribution in [0.25, 0.3) is 0 Å². The summed E-state index contributed by atoms with van der Waals surface area (Å²) in [6.45, 7) is 0.519. The third kappa shape index (κ3) is 3.20. The zero-order chi connectivity index (χ0) is 13.8. The first kappa shape index (κ1) is 13.7. The van der Waals surface area contributed by atoms with Crippen molar-refractivity contribution in [3.05, 3.63) is 18.2 Å². The molecule has 0 saturated heterocycles. The number of carbonyl (C=O) groups excluding carboxylic acids is 2. The molecule has 1 aromatic carbocycles. The zero-order valence-corrected chi connectivity index (χ0v) is 11.5. The molecule has 0 atom stereocenters. The fourth-order valence-corrected chi connectivity index (χ4v) is 2.93. The van der Waals surface area contributed by atoms with Gasteiger partial charge in [0.05, 0.1) is 18.6 Å². The number of thioether (sulfide) groups is 1. The first-order valence-electron chi connectivity index (χ1n) is 6.01. The number of anilines is 2. The van der Waals surface area contributed by atoms with Gasteiger partial charge in [-0.1, -0.05) is 0 Å². The Morgan fingerprint density at radius 2 is 2.32 bits per heavy atom. The lowest BCUT2D eigenvalue weighted by Gasteiger charge is -2.29. The second-order valence-corrected chi connectivity index (χ2v) is 5.26. The Hall–Kier alpha value is -1.69. The van der Waals surface area contributed by atoms with Crippen molar-refractivity contribution in [1.82, 2.24) is 0 Å². The number of hydrogen-bond acceptors (Lipinski definition) is 5. The van der Waals surface area contributed by atoms with Crippen LogP contribution in [0.5, 0.6) is 0 Å². The van der Waals surface area contributed by atoms with Gasteiger partial charge in [-0.3, -0.25) is 9.59 Å². The van der Waals surface area contributed by atoms with Gasteiger partial charge in [-0.05, 0) is 24.6 Å². The highest BCUT2D eigenvalue weighted by Crippen LogP contribution is 2.36. The van der Waals surface area contributed by atoms with Gasteiger partial charge >= 0.3 is 5.97 Å². The molecule has 1 heterocycles. The predicted octanol–water partition coefficient (Wildman–Crippen LogP) is 1.66. The van der Waals surface area contributed by atoms with Crippen LogP contribution in [0.4, 0.5) is 11.4 Å². The standard InChI is InChI=1S/C13H16N2O3S/c1-18-13(17)3-2-6-15-10-5-4-9(14)7-11(10)19-8-12(15)16/h4-5,7H,2-3,6,8,14H2,1H3. The van der Waals surface area contributed by atoms with E-state index in [1.54, 1.807) is 11.0 Å². The first-order chi connectivity index (χ1) is 9.11. The number of methoxy groups -OCH3 is 1. The van der Waals surface area contributed by atoms with Crippen molar-refractivity contribution >= 4 is 35.0 Å². The summed E-state index contributed by atoms with van der Waals surface area (Å²) in [5.41, 5.74) is 7.31. The van der Waals surface area contributed by atoms with E-state index < -0.39 is 0 Å². The van der Waals surface area contributed by atoms with Gasteiger partial charge in [-0.25, -0.2) is 0 Å². The monoisotopic (exact) mass is 280 g/mol. The Balaban J connectivity index is 2.08. The maximum Gasteiger partial charge on any atom is 0.305 e. The molecule has 2 N–H and O–H groups in total. The van der Waals surface area contributed by atoms with Gasteiger partial charge < -0.3 is 15.4 Å². The maximum atomic E-state index is 11.9. The van der Waals surface area contributed by atoms with Crippen LogP contribution in [-0.4, -0.2) is 31.3 Å². The van der Waals surface area contributed by atoms with E-state index in [0.717, 1.165) is 10.6 Å². The minimum absolute atomic E-state index is 0.0622. The number of esters is 1. The highest BCUT2D eigenvalue weighted by molar-refractivity contribution is 8.00. The van der Waals surface area contributed by atoms with Gasteiger partial charge in [0.25, 0.3) is 0 Å². The van der Waals surface area contributed by atoms with Gasteiger partial charge in [0.15, 0.2) is 0 Å². The number of hydrogen-bond donors (Lipinski definition) is 1. The van der Waals surface area contributed by atoms with E-state index in [9.17, 15) is 9.59 Å². The number of nitrogens with zero attached hydrogens (tertiary/aromatic N) is 1. The smallest absolute Gasteiger partial charge is 0.305 e. The normalized spacial score (nSPS) is 14.2. The number of rotatable bonds is 4. The number of nitrogens with two attached hydrogens (primary N) is 1. The number of ether oxygens (including phenoxy) is 1. The molecular weight excluding hydrogens is 264 g/mol. The Morgan fingerprint density at radius 1 is 1.53 bits per heavy atom. The van der Waals surface area contributed by atoms with Crippen LogP contribution in [0.15, 0.2) is 23.1 Å². The molecule has 1 aliphatic rings. The summed E-state index contributed by atoms with van der Waals surface area (Å²) in [4.78, 5) is 25.8. The third-order valence-electron chi connectivity index (χ3n) is 2.92. The SMILES string of the molecule is COC(=O)CCCN1C(=O)CSc2cc(N)ccc21. The highest BCUT2D eigenvalue weighted by atomic mass is 32.2. The van der Waals surface area contributed by atoms with Gasteiger partial charge in [0.2, 0.25) is 5.91 Å². The molecule has 5 nitrogen and oxygen atoms in total. The molecule has 0 aromatic heterocycles. The van der Waals surface area contributed by atoms with Crippen molar-refractivity contribution in [3.63, 3.8) is 0 Å². The number of nitrogen functional groups attached to an aromatic ring is 1. The molecule has 0 saturated carbocycles. The summed E-state index contributed by atoms with van der Waals surface area (Å²) in [6.07, 6.45) is 0.907. The summed E-state index contributed by atoms with van der Waals surface area (Å²) >= 11 is 1.50. The van der Waals surface area contributed by atoms with Crippen LogP contribution < -0.4 is 10.6 Å². The number of amides is 1. The van der Waals surface area contributed by atoms with Gasteiger partial charge in [0, 0.05) is 23.5 Å². The van der Waals surface area contributed by atoms with E-state index in [1.165, 1.54) is 18.9 Å². The molecule has 19 heavy (non-hydrogen) atoms. The average molecular weight is 280 g/mol. The molecule has 0 bridgehead atoms. The van der Waals surface area contributed by atoms with E-state index in [0.29, 0.717) is 30.8 Å². The van der Waals surface area contributed by atoms with Crippen LogP contribution in [0.3, 0.4) is 0 Å². The molecule has 102 valence electrons.